The zero-order chi connectivity index (χ0) is 19.7. The minimum Gasteiger partial charge on any atom is -0.491 e. The molecule has 27 heavy (non-hydrogen) atoms. The number of guanidine groups is 1. The van der Waals surface area contributed by atoms with Crippen LogP contribution in [0.4, 0.5) is 0 Å². The van der Waals surface area contributed by atoms with Crippen molar-refractivity contribution in [3.63, 3.8) is 0 Å². The average molecular weight is 492 g/mol. The molecule has 1 aromatic carbocycles. The van der Waals surface area contributed by atoms with Crippen molar-refractivity contribution in [1.82, 2.24) is 15.5 Å². The van der Waals surface area contributed by atoms with Gasteiger partial charge in [-0.15, -0.1) is 24.0 Å². The molecule has 6 nitrogen and oxygen atoms in total. The van der Waals surface area contributed by atoms with E-state index in [-0.39, 0.29) is 35.6 Å². The van der Waals surface area contributed by atoms with Gasteiger partial charge in [-0.2, -0.15) is 0 Å². The van der Waals surface area contributed by atoms with Crippen LogP contribution in [-0.2, 0) is 0 Å². The third-order valence-corrected chi connectivity index (χ3v) is 4.28. The second-order valence-corrected chi connectivity index (χ2v) is 7.53. The summed E-state index contributed by atoms with van der Waals surface area (Å²) in [6.07, 6.45) is -0.480. The molecule has 0 amide bonds. The maximum absolute atomic E-state index is 10.4. The van der Waals surface area contributed by atoms with Crippen LogP contribution in [0.3, 0.4) is 0 Å². The first kappa shape index (κ1) is 25.9. The predicted octanol–water partition coefficient (Wildman–Crippen LogP) is 3.02. The Hall–Kier alpha value is -1.06. The van der Waals surface area contributed by atoms with E-state index in [2.05, 4.69) is 34.4 Å². The molecular formula is C20H37IN4O2. The summed E-state index contributed by atoms with van der Waals surface area (Å²) in [7, 11) is 4.10. The lowest BCUT2D eigenvalue weighted by Gasteiger charge is -2.31. The van der Waals surface area contributed by atoms with Crippen LogP contribution in [0.2, 0.25) is 0 Å². The second kappa shape index (κ2) is 12.4. The largest absolute Gasteiger partial charge is 0.491 e. The molecule has 0 saturated carbocycles. The molecule has 7 heteroatoms. The van der Waals surface area contributed by atoms with Crippen LogP contribution < -0.4 is 15.4 Å². The van der Waals surface area contributed by atoms with E-state index >= 15 is 0 Å². The number of aliphatic hydroxyl groups excluding tert-OH is 1. The van der Waals surface area contributed by atoms with Crippen molar-refractivity contribution in [3.05, 3.63) is 29.8 Å². The Balaban J connectivity index is 0.00000676. The van der Waals surface area contributed by atoms with E-state index in [4.69, 9.17) is 4.74 Å². The highest BCUT2D eigenvalue weighted by Crippen LogP contribution is 2.18. The number of benzene rings is 1. The van der Waals surface area contributed by atoms with Gasteiger partial charge in [0.1, 0.15) is 5.75 Å². The van der Waals surface area contributed by atoms with Gasteiger partial charge in [-0.1, -0.05) is 12.1 Å². The van der Waals surface area contributed by atoms with Gasteiger partial charge in [0.2, 0.25) is 0 Å². The van der Waals surface area contributed by atoms with Gasteiger partial charge >= 0.3 is 0 Å². The van der Waals surface area contributed by atoms with Gasteiger partial charge in [0.05, 0.1) is 18.8 Å². The quantitative estimate of drug-likeness (QED) is 0.281. The van der Waals surface area contributed by atoms with Gasteiger partial charge in [0, 0.05) is 18.6 Å². The second-order valence-electron chi connectivity index (χ2n) is 7.53. The number of nitrogens with zero attached hydrogens (tertiary/aromatic N) is 2. The maximum Gasteiger partial charge on any atom is 0.191 e. The summed E-state index contributed by atoms with van der Waals surface area (Å²) in [5.74, 6) is 1.52. The smallest absolute Gasteiger partial charge is 0.191 e. The third-order valence-electron chi connectivity index (χ3n) is 4.28. The summed E-state index contributed by atoms with van der Waals surface area (Å²) in [5.41, 5.74) is 0.811. The maximum atomic E-state index is 10.4. The third kappa shape index (κ3) is 9.62. The van der Waals surface area contributed by atoms with E-state index in [0.717, 1.165) is 17.9 Å². The molecule has 1 atom stereocenters. The minimum absolute atomic E-state index is 0. The molecule has 0 aliphatic rings. The molecule has 0 aliphatic carbocycles. The van der Waals surface area contributed by atoms with Crippen molar-refractivity contribution in [2.75, 3.05) is 33.7 Å². The molecule has 1 rings (SSSR count). The number of likely N-dealkylation sites (N-methyl/N-ethyl adjacent to an activating group) is 1. The molecule has 0 heterocycles. The van der Waals surface area contributed by atoms with Crippen LogP contribution in [0.5, 0.6) is 5.75 Å². The lowest BCUT2D eigenvalue weighted by molar-refractivity contribution is 0.180. The zero-order valence-electron chi connectivity index (χ0n) is 17.7. The molecule has 1 aromatic rings. The van der Waals surface area contributed by atoms with Crippen LogP contribution in [0.25, 0.3) is 0 Å². The zero-order valence-corrected chi connectivity index (χ0v) is 20.1. The first-order valence-corrected chi connectivity index (χ1v) is 9.30. The van der Waals surface area contributed by atoms with Gasteiger partial charge < -0.3 is 25.4 Å². The molecule has 0 spiro atoms. The summed E-state index contributed by atoms with van der Waals surface area (Å²) >= 11 is 0. The van der Waals surface area contributed by atoms with Crippen LogP contribution in [0.15, 0.2) is 29.3 Å². The first-order valence-electron chi connectivity index (χ1n) is 9.30. The summed E-state index contributed by atoms with van der Waals surface area (Å²) in [6.45, 7) is 12.1. The van der Waals surface area contributed by atoms with E-state index in [0.29, 0.717) is 19.0 Å². The molecule has 0 fully saturated rings. The molecule has 0 radical (unpaired) electrons. The number of aliphatic hydroxyl groups is 1. The SMILES string of the molecule is CCNC(=NCC(C)(C)N(C)C)NCC(O)c1ccc(OC(C)C)cc1.I. The van der Waals surface area contributed by atoms with Gasteiger partial charge in [0.15, 0.2) is 5.96 Å². The Morgan fingerprint density at radius 1 is 1.19 bits per heavy atom. The van der Waals surface area contributed by atoms with Crippen molar-refractivity contribution < 1.29 is 9.84 Å². The van der Waals surface area contributed by atoms with Gasteiger partial charge in [-0.3, -0.25) is 4.99 Å². The lowest BCUT2D eigenvalue weighted by atomic mass is 10.1. The monoisotopic (exact) mass is 492 g/mol. The van der Waals surface area contributed by atoms with Crippen molar-refractivity contribution in [2.45, 2.75) is 52.4 Å². The number of halogens is 1. The molecule has 156 valence electrons. The van der Waals surface area contributed by atoms with Crippen molar-refractivity contribution in [2.24, 2.45) is 4.99 Å². The fraction of sp³-hybridized carbons (Fsp3) is 0.650. The molecular weight excluding hydrogens is 455 g/mol. The van der Waals surface area contributed by atoms with Crippen molar-refractivity contribution in [1.29, 1.82) is 0 Å². The normalized spacial score (nSPS) is 13.3. The topological polar surface area (TPSA) is 69.1 Å². The first-order chi connectivity index (χ1) is 12.2. The molecule has 0 aromatic heterocycles. The number of hydrogen-bond acceptors (Lipinski definition) is 4. The van der Waals surface area contributed by atoms with E-state index in [9.17, 15) is 5.11 Å². The predicted molar refractivity (Wildman–Crippen MR) is 124 cm³/mol. The molecule has 3 N–H and O–H groups in total. The Kier molecular flexibility index (Phi) is 11.9. The van der Waals surface area contributed by atoms with E-state index in [1.807, 2.05) is 59.1 Å². The van der Waals surface area contributed by atoms with E-state index in [1.54, 1.807) is 0 Å². The fourth-order valence-electron chi connectivity index (χ4n) is 2.11. The Morgan fingerprint density at radius 2 is 1.78 bits per heavy atom. The molecule has 0 saturated heterocycles. The summed E-state index contributed by atoms with van der Waals surface area (Å²) in [6, 6.07) is 7.56. The van der Waals surface area contributed by atoms with Crippen molar-refractivity contribution in [3.8, 4) is 5.75 Å². The van der Waals surface area contributed by atoms with Crippen LogP contribution in [0.1, 0.15) is 46.3 Å². The lowest BCUT2D eigenvalue weighted by Crippen LogP contribution is -2.44. The molecule has 0 bridgehead atoms. The highest BCUT2D eigenvalue weighted by atomic mass is 127. The average Bonchev–Trinajstić information content (AvgIpc) is 2.57. The Morgan fingerprint density at radius 3 is 2.26 bits per heavy atom. The standard InChI is InChI=1S/C20H36N4O2.HI/c1-8-21-19(23-14-20(4,5)24(6)7)22-13-18(25)16-9-11-17(12-10-16)26-15(2)3;/h9-12,15,18,25H,8,13-14H2,1-7H3,(H2,21,22,23);1H. The number of aliphatic imine (C=N–C) groups is 1. The number of hydrogen-bond donors (Lipinski definition) is 3. The fourth-order valence-corrected chi connectivity index (χ4v) is 2.11. The summed E-state index contributed by atoms with van der Waals surface area (Å²) in [5, 5.41) is 16.9. The van der Waals surface area contributed by atoms with Crippen LogP contribution in [-0.4, -0.2) is 61.3 Å². The highest BCUT2D eigenvalue weighted by Gasteiger charge is 2.20. The van der Waals surface area contributed by atoms with Gasteiger partial charge in [-0.05, 0) is 66.4 Å². The van der Waals surface area contributed by atoms with Gasteiger partial charge in [0.25, 0.3) is 0 Å². The molecule has 0 aliphatic heterocycles. The van der Waals surface area contributed by atoms with Crippen molar-refractivity contribution >= 4 is 29.9 Å². The van der Waals surface area contributed by atoms with E-state index in [1.165, 1.54) is 0 Å². The molecule has 1 unspecified atom stereocenters. The van der Waals surface area contributed by atoms with Gasteiger partial charge in [-0.25, -0.2) is 0 Å². The van der Waals surface area contributed by atoms with Crippen LogP contribution >= 0.6 is 24.0 Å². The number of rotatable bonds is 9. The summed E-state index contributed by atoms with van der Waals surface area (Å²) in [4.78, 5) is 6.79. The number of ether oxygens (including phenoxy) is 1. The minimum atomic E-state index is -0.617. The highest BCUT2D eigenvalue weighted by molar-refractivity contribution is 14.0. The van der Waals surface area contributed by atoms with Crippen LogP contribution in [0, 0.1) is 0 Å². The Bertz CT molecular complexity index is 560. The Labute approximate surface area is 181 Å². The number of nitrogens with one attached hydrogen (secondary N) is 2. The van der Waals surface area contributed by atoms with E-state index < -0.39 is 6.10 Å². The summed E-state index contributed by atoms with van der Waals surface area (Å²) < 4.78 is 5.63.